The van der Waals surface area contributed by atoms with Crippen molar-refractivity contribution in [2.45, 2.75) is 18.9 Å². The summed E-state index contributed by atoms with van der Waals surface area (Å²) in [6, 6.07) is 5.40. The zero-order valence-corrected chi connectivity index (χ0v) is 16.7. The van der Waals surface area contributed by atoms with Crippen molar-refractivity contribution in [3.63, 3.8) is 0 Å². The Balaban J connectivity index is 0.00000243. The average Bonchev–Trinajstić information content (AvgIpc) is 3.05. The number of halogens is 1. The SMILES string of the molecule is Br.CS(=O)(=O)N(C(=O)n1cnc(-c2ccc(O)cc2)c1)C1CCNCC1. The first kappa shape index (κ1) is 20.4. The van der Waals surface area contributed by atoms with Gasteiger partial charge in [0.05, 0.1) is 18.0 Å². The number of benzene rings is 1. The number of aromatic nitrogens is 2. The van der Waals surface area contributed by atoms with E-state index in [1.807, 2.05) is 0 Å². The maximum Gasteiger partial charge on any atom is 0.343 e. The molecule has 26 heavy (non-hydrogen) atoms. The molecule has 1 saturated heterocycles. The molecule has 8 nitrogen and oxygen atoms in total. The number of nitrogens with one attached hydrogen (secondary N) is 1. The number of nitrogens with zero attached hydrogens (tertiary/aromatic N) is 3. The number of amides is 1. The van der Waals surface area contributed by atoms with Crippen molar-refractivity contribution in [2.24, 2.45) is 0 Å². The highest BCUT2D eigenvalue weighted by Gasteiger charge is 2.33. The molecule has 1 aliphatic heterocycles. The van der Waals surface area contributed by atoms with Gasteiger partial charge in [0.15, 0.2) is 0 Å². The summed E-state index contributed by atoms with van der Waals surface area (Å²) < 4.78 is 26.5. The number of phenolic OH excluding ortho intramolecular Hbond substituents is 1. The molecule has 0 bridgehead atoms. The predicted octanol–water partition coefficient (Wildman–Crippen LogP) is 1.82. The molecule has 0 saturated carbocycles. The Labute approximate surface area is 162 Å². The Hall–Kier alpha value is -1.91. The van der Waals surface area contributed by atoms with Crippen LogP contribution in [0.4, 0.5) is 4.79 Å². The molecule has 1 aromatic carbocycles. The molecular weight excluding hydrogens is 424 g/mol. The van der Waals surface area contributed by atoms with Crippen molar-refractivity contribution in [3.8, 4) is 17.0 Å². The van der Waals surface area contributed by atoms with Crippen molar-refractivity contribution in [1.29, 1.82) is 0 Å². The molecule has 0 aliphatic carbocycles. The summed E-state index contributed by atoms with van der Waals surface area (Å²) in [7, 11) is -3.70. The Morgan fingerprint density at radius 2 is 1.88 bits per heavy atom. The molecule has 1 amide bonds. The first-order chi connectivity index (χ1) is 11.9. The molecule has 0 radical (unpaired) electrons. The van der Waals surface area contributed by atoms with Gasteiger partial charge in [-0.25, -0.2) is 22.5 Å². The molecule has 10 heteroatoms. The number of aromatic hydroxyl groups is 1. The minimum atomic E-state index is -3.70. The zero-order valence-electron chi connectivity index (χ0n) is 14.2. The summed E-state index contributed by atoms with van der Waals surface area (Å²) in [5, 5.41) is 12.5. The minimum Gasteiger partial charge on any atom is -0.508 e. The second-order valence-electron chi connectivity index (χ2n) is 6.04. The van der Waals surface area contributed by atoms with Crippen molar-refractivity contribution in [1.82, 2.24) is 19.2 Å². The largest absolute Gasteiger partial charge is 0.508 e. The molecule has 0 unspecified atom stereocenters. The number of phenols is 1. The van der Waals surface area contributed by atoms with Crippen molar-refractivity contribution < 1.29 is 18.3 Å². The van der Waals surface area contributed by atoms with E-state index in [1.165, 1.54) is 29.2 Å². The third kappa shape index (κ3) is 4.43. The van der Waals surface area contributed by atoms with E-state index < -0.39 is 16.1 Å². The van der Waals surface area contributed by atoms with Crippen LogP contribution in [0.15, 0.2) is 36.8 Å². The number of hydrogen-bond acceptors (Lipinski definition) is 6. The predicted molar refractivity (Wildman–Crippen MR) is 103 cm³/mol. The van der Waals surface area contributed by atoms with Gasteiger partial charge in [-0.2, -0.15) is 0 Å². The lowest BCUT2D eigenvalue weighted by Gasteiger charge is -2.32. The second kappa shape index (κ2) is 8.19. The Morgan fingerprint density at radius 1 is 1.27 bits per heavy atom. The van der Waals surface area contributed by atoms with Crippen LogP contribution in [0.1, 0.15) is 12.8 Å². The molecule has 1 aromatic heterocycles. The van der Waals surface area contributed by atoms with Gasteiger partial charge in [0.2, 0.25) is 10.0 Å². The number of rotatable bonds is 3. The number of carbonyl (C=O) groups excluding carboxylic acids is 1. The van der Waals surface area contributed by atoms with Crippen LogP contribution in [0.2, 0.25) is 0 Å². The maximum absolute atomic E-state index is 12.8. The van der Waals surface area contributed by atoms with Crippen LogP contribution in [-0.2, 0) is 10.0 Å². The van der Waals surface area contributed by atoms with Crippen LogP contribution in [0, 0.1) is 0 Å². The van der Waals surface area contributed by atoms with Gasteiger partial charge in [-0.3, -0.25) is 4.57 Å². The third-order valence-electron chi connectivity index (χ3n) is 4.15. The summed E-state index contributed by atoms with van der Waals surface area (Å²) in [6.07, 6.45) is 5.01. The molecule has 1 fully saturated rings. The summed E-state index contributed by atoms with van der Waals surface area (Å²) in [5.41, 5.74) is 1.24. The van der Waals surface area contributed by atoms with E-state index in [0.29, 0.717) is 31.6 Å². The number of carbonyl (C=O) groups is 1. The van der Waals surface area contributed by atoms with E-state index in [2.05, 4.69) is 10.3 Å². The van der Waals surface area contributed by atoms with Gasteiger partial charge >= 0.3 is 6.03 Å². The number of hydrogen-bond donors (Lipinski definition) is 2. The van der Waals surface area contributed by atoms with E-state index in [4.69, 9.17) is 0 Å². The molecule has 142 valence electrons. The number of sulfonamides is 1. The van der Waals surface area contributed by atoms with Crippen LogP contribution in [0.25, 0.3) is 11.3 Å². The Morgan fingerprint density at radius 3 is 2.46 bits per heavy atom. The Kier molecular flexibility index (Phi) is 6.43. The van der Waals surface area contributed by atoms with Gasteiger partial charge in [-0.05, 0) is 50.2 Å². The molecular formula is C16H21BrN4O4S. The topological polar surface area (TPSA) is 105 Å². The standard InChI is InChI=1S/C16H20N4O4S.BrH/c1-25(23,24)20(13-6-8-17-9-7-13)16(22)19-10-15(18-11-19)12-2-4-14(21)5-3-12;/h2-5,10-11,13,17,21H,6-9H2,1H3;1H. The van der Waals surface area contributed by atoms with Gasteiger partial charge in [-0.15, -0.1) is 17.0 Å². The first-order valence-corrected chi connectivity index (χ1v) is 9.79. The Bertz CT molecular complexity index is 861. The van der Waals surface area contributed by atoms with E-state index in [9.17, 15) is 18.3 Å². The highest BCUT2D eigenvalue weighted by Crippen LogP contribution is 2.22. The van der Waals surface area contributed by atoms with Crippen molar-refractivity contribution >= 4 is 33.0 Å². The van der Waals surface area contributed by atoms with E-state index in [1.54, 1.807) is 12.1 Å². The molecule has 1 aliphatic rings. The maximum atomic E-state index is 12.8. The molecule has 0 spiro atoms. The monoisotopic (exact) mass is 444 g/mol. The molecule has 2 heterocycles. The lowest BCUT2D eigenvalue weighted by molar-refractivity contribution is 0.204. The van der Waals surface area contributed by atoms with Crippen LogP contribution in [0.5, 0.6) is 5.75 Å². The van der Waals surface area contributed by atoms with Gasteiger partial charge in [0, 0.05) is 11.8 Å². The van der Waals surface area contributed by atoms with Gasteiger partial charge in [0.25, 0.3) is 0 Å². The van der Waals surface area contributed by atoms with Crippen LogP contribution in [0.3, 0.4) is 0 Å². The van der Waals surface area contributed by atoms with Crippen molar-refractivity contribution in [2.75, 3.05) is 19.3 Å². The highest BCUT2D eigenvalue weighted by molar-refractivity contribution is 8.93. The van der Waals surface area contributed by atoms with Crippen LogP contribution >= 0.6 is 17.0 Å². The normalized spacial score (nSPS) is 15.3. The van der Waals surface area contributed by atoms with Crippen LogP contribution < -0.4 is 5.32 Å². The zero-order chi connectivity index (χ0) is 18.0. The molecule has 2 aromatic rings. The summed E-state index contributed by atoms with van der Waals surface area (Å²) in [5.74, 6) is 0.133. The smallest absolute Gasteiger partial charge is 0.343 e. The fraction of sp³-hybridized carbons (Fsp3) is 0.375. The quantitative estimate of drug-likeness (QED) is 0.747. The van der Waals surface area contributed by atoms with Gasteiger partial charge in [0.1, 0.15) is 12.1 Å². The summed E-state index contributed by atoms with van der Waals surface area (Å²) in [6.45, 7) is 1.35. The minimum absolute atomic E-state index is 0. The van der Waals surface area contributed by atoms with Crippen molar-refractivity contribution in [3.05, 3.63) is 36.8 Å². The fourth-order valence-corrected chi connectivity index (χ4v) is 4.06. The molecule has 2 N–H and O–H groups in total. The van der Waals surface area contributed by atoms with E-state index in [0.717, 1.165) is 16.1 Å². The number of imidazole rings is 1. The lowest BCUT2D eigenvalue weighted by Crippen LogP contribution is -2.49. The summed E-state index contributed by atoms with van der Waals surface area (Å²) >= 11 is 0. The lowest BCUT2D eigenvalue weighted by atomic mass is 10.1. The van der Waals surface area contributed by atoms with E-state index >= 15 is 0 Å². The highest BCUT2D eigenvalue weighted by atomic mass is 79.9. The van der Waals surface area contributed by atoms with Crippen LogP contribution in [-0.4, -0.2) is 58.8 Å². The average molecular weight is 445 g/mol. The third-order valence-corrected chi connectivity index (χ3v) is 5.32. The summed E-state index contributed by atoms with van der Waals surface area (Å²) in [4.78, 5) is 17.0. The first-order valence-electron chi connectivity index (χ1n) is 7.94. The molecule has 3 rings (SSSR count). The van der Waals surface area contributed by atoms with Gasteiger partial charge in [-0.1, -0.05) is 0 Å². The fourth-order valence-electron chi connectivity index (χ4n) is 2.93. The molecule has 0 atom stereocenters. The van der Waals surface area contributed by atoms with E-state index in [-0.39, 0.29) is 28.8 Å². The second-order valence-corrected chi connectivity index (χ2v) is 7.90. The van der Waals surface area contributed by atoms with Gasteiger partial charge < -0.3 is 10.4 Å². The number of piperidine rings is 1.